The molecule has 4 rings (SSSR count). The van der Waals surface area contributed by atoms with Crippen molar-refractivity contribution in [3.63, 3.8) is 0 Å². The summed E-state index contributed by atoms with van der Waals surface area (Å²) in [6.07, 6.45) is 0.697. The Kier molecular flexibility index (Phi) is 5.20. The Labute approximate surface area is 173 Å². The van der Waals surface area contributed by atoms with Crippen LogP contribution in [0.3, 0.4) is 0 Å². The predicted molar refractivity (Wildman–Crippen MR) is 114 cm³/mol. The molecule has 0 saturated carbocycles. The molecule has 0 fully saturated rings. The lowest BCUT2D eigenvalue weighted by Gasteiger charge is -2.28. The molecule has 0 bridgehead atoms. The van der Waals surface area contributed by atoms with Crippen LogP contribution < -0.4 is 5.32 Å². The van der Waals surface area contributed by atoms with Crippen molar-refractivity contribution in [1.29, 1.82) is 0 Å². The number of hydrogen-bond donors (Lipinski definition) is 1. The third kappa shape index (κ3) is 3.44. The largest absolute Gasteiger partial charge is 0.354 e. The Morgan fingerprint density at radius 2 is 1.62 bits per heavy atom. The third-order valence-corrected chi connectivity index (χ3v) is 6.27. The van der Waals surface area contributed by atoms with Gasteiger partial charge in [-0.25, -0.2) is 0 Å². The van der Waals surface area contributed by atoms with Gasteiger partial charge in [0.25, 0.3) is 11.8 Å². The van der Waals surface area contributed by atoms with Gasteiger partial charge in [0.05, 0.1) is 11.1 Å². The van der Waals surface area contributed by atoms with Gasteiger partial charge in [0.2, 0.25) is 5.91 Å². The van der Waals surface area contributed by atoms with E-state index in [4.69, 9.17) is 0 Å². The zero-order valence-corrected chi connectivity index (χ0v) is 17.2. The number of imide groups is 1. The van der Waals surface area contributed by atoms with Crippen molar-refractivity contribution in [2.75, 3.05) is 6.54 Å². The number of nitrogens with zero attached hydrogens (tertiary/aromatic N) is 1. The van der Waals surface area contributed by atoms with Crippen LogP contribution in [0.25, 0.3) is 10.1 Å². The minimum atomic E-state index is -0.832. The molecule has 2 heterocycles. The summed E-state index contributed by atoms with van der Waals surface area (Å²) in [5.41, 5.74) is 1.91. The fourth-order valence-corrected chi connectivity index (χ4v) is 4.83. The highest BCUT2D eigenvalue weighted by Gasteiger charge is 2.43. The molecule has 0 spiro atoms. The zero-order valence-electron chi connectivity index (χ0n) is 16.3. The summed E-state index contributed by atoms with van der Waals surface area (Å²) in [4.78, 5) is 39.6. The van der Waals surface area contributed by atoms with E-state index in [1.54, 1.807) is 35.6 Å². The first kappa shape index (κ1) is 19.3. The van der Waals surface area contributed by atoms with Gasteiger partial charge in [-0.1, -0.05) is 44.2 Å². The van der Waals surface area contributed by atoms with Crippen LogP contribution in [0.1, 0.15) is 40.1 Å². The summed E-state index contributed by atoms with van der Waals surface area (Å²) in [5, 5.41) is 6.24. The van der Waals surface area contributed by atoms with Gasteiger partial charge in [0.1, 0.15) is 6.04 Å². The van der Waals surface area contributed by atoms with Crippen molar-refractivity contribution in [2.45, 2.75) is 26.3 Å². The SMILES string of the molecule is CC(C)C(C(=O)NCCc1csc2ccccc12)N1C(=O)c2ccccc2C1=O. The van der Waals surface area contributed by atoms with Crippen molar-refractivity contribution in [1.82, 2.24) is 10.2 Å². The average molecular weight is 407 g/mol. The van der Waals surface area contributed by atoms with Crippen LogP contribution in [-0.2, 0) is 11.2 Å². The first-order chi connectivity index (χ1) is 14.0. The standard InChI is InChI=1S/C23H22N2O3S/c1-14(2)20(25-22(27)17-8-3-4-9-18(17)23(25)28)21(26)24-12-11-15-13-29-19-10-6-5-7-16(15)19/h3-10,13-14,20H,11-12H2,1-2H3,(H,24,26). The number of nitrogens with one attached hydrogen (secondary N) is 1. The van der Waals surface area contributed by atoms with Crippen LogP contribution in [0.15, 0.2) is 53.9 Å². The molecule has 5 nitrogen and oxygen atoms in total. The molecule has 1 atom stereocenters. The molecule has 6 heteroatoms. The molecular weight excluding hydrogens is 384 g/mol. The Hall–Kier alpha value is -2.99. The van der Waals surface area contributed by atoms with E-state index < -0.39 is 17.9 Å². The topological polar surface area (TPSA) is 66.5 Å². The number of carbonyl (C=O) groups excluding carboxylic acids is 3. The number of benzene rings is 2. The summed E-state index contributed by atoms with van der Waals surface area (Å²) in [7, 11) is 0. The zero-order chi connectivity index (χ0) is 20.5. The van der Waals surface area contributed by atoms with Crippen molar-refractivity contribution in [3.8, 4) is 0 Å². The Bertz CT molecular complexity index is 1070. The van der Waals surface area contributed by atoms with E-state index in [2.05, 4.69) is 22.8 Å². The van der Waals surface area contributed by atoms with Crippen LogP contribution in [0, 0.1) is 5.92 Å². The maximum absolute atomic E-state index is 13.0. The minimum Gasteiger partial charge on any atom is -0.354 e. The van der Waals surface area contributed by atoms with Crippen molar-refractivity contribution in [2.24, 2.45) is 5.92 Å². The van der Waals surface area contributed by atoms with Crippen LogP contribution in [0.5, 0.6) is 0 Å². The lowest BCUT2D eigenvalue weighted by Crippen LogP contribution is -2.52. The highest BCUT2D eigenvalue weighted by molar-refractivity contribution is 7.17. The lowest BCUT2D eigenvalue weighted by molar-refractivity contribution is -0.126. The monoisotopic (exact) mass is 406 g/mol. The van der Waals surface area contributed by atoms with E-state index in [0.717, 1.165) is 4.90 Å². The van der Waals surface area contributed by atoms with Gasteiger partial charge < -0.3 is 5.32 Å². The van der Waals surface area contributed by atoms with Crippen molar-refractivity contribution < 1.29 is 14.4 Å². The van der Waals surface area contributed by atoms with Gasteiger partial charge in [-0.05, 0) is 46.9 Å². The first-order valence-corrected chi connectivity index (χ1v) is 10.6. The van der Waals surface area contributed by atoms with Gasteiger partial charge in [-0.2, -0.15) is 0 Å². The Morgan fingerprint density at radius 3 is 2.28 bits per heavy atom. The minimum absolute atomic E-state index is 0.195. The van der Waals surface area contributed by atoms with Crippen LogP contribution in [0.2, 0.25) is 0 Å². The predicted octanol–water partition coefficient (Wildman–Crippen LogP) is 3.88. The van der Waals surface area contributed by atoms with Crippen LogP contribution >= 0.6 is 11.3 Å². The number of amides is 3. The molecule has 148 valence electrons. The number of carbonyl (C=O) groups is 3. The van der Waals surface area contributed by atoms with Gasteiger partial charge >= 0.3 is 0 Å². The maximum atomic E-state index is 13.0. The summed E-state index contributed by atoms with van der Waals surface area (Å²) >= 11 is 1.69. The van der Waals surface area contributed by atoms with Crippen LogP contribution in [-0.4, -0.2) is 35.2 Å². The van der Waals surface area contributed by atoms with E-state index in [1.165, 1.54) is 15.6 Å². The van der Waals surface area contributed by atoms with Crippen molar-refractivity contribution in [3.05, 3.63) is 70.6 Å². The number of hydrogen-bond acceptors (Lipinski definition) is 4. The molecule has 1 aliphatic rings. The average Bonchev–Trinajstić information content (AvgIpc) is 3.23. The lowest BCUT2D eigenvalue weighted by atomic mass is 10.0. The third-order valence-electron chi connectivity index (χ3n) is 5.26. The number of thiophene rings is 1. The van der Waals surface area contributed by atoms with Gasteiger partial charge in [-0.3, -0.25) is 19.3 Å². The molecule has 2 aromatic carbocycles. The Balaban J connectivity index is 1.47. The number of fused-ring (bicyclic) bond motifs is 2. The fourth-order valence-electron chi connectivity index (χ4n) is 3.83. The molecule has 1 N–H and O–H groups in total. The maximum Gasteiger partial charge on any atom is 0.262 e. The van der Waals surface area contributed by atoms with E-state index in [1.807, 2.05) is 26.0 Å². The highest BCUT2D eigenvalue weighted by atomic mass is 32.1. The van der Waals surface area contributed by atoms with Crippen LogP contribution in [0.4, 0.5) is 0 Å². The van der Waals surface area contributed by atoms with Gasteiger partial charge in [0.15, 0.2) is 0 Å². The van der Waals surface area contributed by atoms with Gasteiger partial charge in [-0.15, -0.1) is 11.3 Å². The normalized spacial score (nSPS) is 14.5. The molecule has 29 heavy (non-hydrogen) atoms. The van der Waals surface area contributed by atoms with E-state index in [-0.39, 0.29) is 11.8 Å². The van der Waals surface area contributed by atoms with Crippen molar-refractivity contribution >= 4 is 39.1 Å². The summed E-state index contributed by atoms with van der Waals surface area (Å²) in [6, 6.07) is 14.1. The summed E-state index contributed by atoms with van der Waals surface area (Å²) < 4.78 is 1.22. The second-order valence-corrected chi connectivity index (χ2v) is 8.42. The summed E-state index contributed by atoms with van der Waals surface area (Å²) in [5.74, 6) is -1.29. The molecular formula is C23H22N2O3S. The molecule has 1 aromatic heterocycles. The molecule has 1 unspecified atom stereocenters. The Morgan fingerprint density at radius 1 is 1.00 bits per heavy atom. The second-order valence-electron chi connectivity index (χ2n) is 7.51. The van der Waals surface area contributed by atoms with Gasteiger partial charge in [0, 0.05) is 11.2 Å². The molecule has 0 aliphatic carbocycles. The van der Waals surface area contributed by atoms with E-state index in [0.29, 0.717) is 24.1 Å². The van der Waals surface area contributed by atoms with E-state index in [9.17, 15) is 14.4 Å². The molecule has 3 aromatic rings. The first-order valence-electron chi connectivity index (χ1n) is 9.68. The smallest absolute Gasteiger partial charge is 0.262 e. The molecule has 1 aliphatic heterocycles. The summed E-state index contributed by atoms with van der Waals surface area (Å²) in [6.45, 7) is 4.15. The van der Waals surface area contributed by atoms with E-state index >= 15 is 0 Å². The molecule has 0 saturated heterocycles. The number of rotatable bonds is 6. The quantitative estimate of drug-likeness (QED) is 0.632. The highest BCUT2D eigenvalue weighted by Crippen LogP contribution is 2.28. The fraction of sp³-hybridized carbons (Fsp3) is 0.261. The molecule has 0 radical (unpaired) electrons. The molecule has 3 amide bonds. The second kappa shape index (κ2) is 7.79.